The molecule has 0 aliphatic carbocycles. The summed E-state index contributed by atoms with van der Waals surface area (Å²) < 4.78 is 7.33. The lowest BCUT2D eigenvalue weighted by Gasteiger charge is -1.97. The zero-order valence-electron chi connectivity index (χ0n) is 11.4. The highest BCUT2D eigenvalue weighted by molar-refractivity contribution is 7.99. The largest absolute Gasteiger partial charge is 0.411 e. The van der Waals surface area contributed by atoms with E-state index < -0.39 is 0 Å². The van der Waals surface area contributed by atoms with Crippen LogP contribution >= 0.6 is 11.8 Å². The van der Waals surface area contributed by atoms with E-state index >= 15 is 0 Å². The van der Waals surface area contributed by atoms with Crippen molar-refractivity contribution in [3.05, 3.63) is 37.1 Å². The molecule has 9 heteroatoms. The molecule has 108 valence electrons. The zero-order valence-corrected chi connectivity index (χ0v) is 12.2. The minimum absolute atomic E-state index is 0.405. The van der Waals surface area contributed by atoms with E-state index in [1.807, 2.05) is 19.2 Å². The van der Waals surface area contributed by atoms with Gasteiger partial charge in [-0.2, -0.15) is 5.10 Å². The van der Waals surface area contributed by atoms with Gasteiger partial charge in [0, 0.05) is 19.4 Å². The third-order valence-electron chi connectivity index (χ3n) is 2.99. The van der Waals surface area contributed by atoms with E-state index in [0.29, 0.717) is 11.1 Å². The maximum Gasteiger partial charge on any atom is 0.283 e. The fraction of sp³-hybridized carbons (Fsp3) is 0.0769. The lowest BCUT2D eigenvalue weighted by molar-refractivity contribution is 0.465. The Kier molecular flexibility index (Phi) is 3.04. The standard InChI is InChI=1S/C13H9N7OS/c1-20-10-9(6-17-20)12(16-7-15-10)22-13-19-18-11(21-13)8-3-2-4-14-5-8/h2-7H,1H3. The normalized spacial score (nSPS) is 11.1. The molecule has 0 radical (unpaired) electrons. The molecule has 0 atom stereocenters. The van der Waals surface area contributed by atoms with E-state index in [-0.39, 0.29) is 0 Å². The molecule has 22 heavy (non-hydrogen) atoms. The quantitative estimate of drug-likeness (QED) is 0.530. The van der Waals surface area contributed by atoms with Crippen molar-refractivity contribution < 1.29 is 4.42 Å². The monoisotopic (exact) mass is 311 g/mol. The van der Waals surface area contributed by atoms with Crippen LogP contribution in [0.4, 0.5) is 0 Å². The third kappa shape index (κ3) is 2.21. The number of hydrogen-bond acceptors (Lipinski definition) is 8. The first kappa shape index (κ1) is 12.9. The molecule has 0 unspecified atom stereocenters. The lowest BCUT2D eigenvalue weighted by atomic mass is 10.3. The molecule has 0 aliphatic rings. The third-order valence-corrected chi connectivity index (χ3v) is 3.85. The van der Waals surface area contributed by atoms with Crippen LogP contribution < -0.4 is 0 Å². The van der Waals surface area contributed by atoms with Gasteiger partial charge in [0.2, 0.25) is 5.89 Å². The molecule has 4 heterocycles. The fourth-order valence-electron chi connectivity index (χ4n) is 1.96. The Morgan fingerprint density at radius 3 is 3.00 bits per heavy atom. The van der Waals surface area contributed by atoms with E-state index in [2.05, 4.69) is 30.2 Å². The van der Waals surface area contributed by atoms with E-state index in [1.54, 1.807) is 23.3 Å². The first-order valence-electron chi connectivity index (χ1n) is 6.36. The molecule has 4 aromatic heterocycles. The van der Waals surface area contributed by atoms with Gasteiger partial charge in [-0.05, 0) is 23.9 Å². The Morgan fingerprint density at radius 1 is 1.18 bits per heavy atom. The van der Waals surface area contributed by atoms with Crippen LogP contribution in [0.25, 0.3) is 22.5 Å². The molecule has 0 saturated carbocycles. The zero-order chi connectivity index (χ0) is 14.9. The molecule has 0 aromatic carbocycles. The lowest BCUT2D eigenvalue weighted by Crippen LogP contribution is -1.92. The van der Waals surface area contributed by atoms with Crippen LogP contribution in [0, 0.1) is 0 Å². The van der Waals surface area contributed by atoms with Gasteiger partial charge in [0.25, 0.3) is 5.22 Å². The van der Waals surface area contributed by atoms with Crippen LogP contribution in [-0.4, -0.2) is 34.9 Å². The molecule has 8 nitrogen and oxygen atoms in total. The number of fused-ring (bicyclic) bond motifs is 1. The second-order valence-corrected chi connectivity index (χ2v) is 5.34. The molecule has 4 aromatic rings. The summed E-state index contributed by atoms with van der Waals surface area (Å²) in [4.78, 5) is 12.5. The highest BCUT2D eigenvalue weighted by atomic mass is 32.2. The van der Waals surface area contributed by atoms with Crippen molar-refractivity contribution in [1.82, 2.24) is 34.9 Å². The highest BCUT2D eigenvalue weighted by Gasteiger charge is 2.14. The molecule has 0 bridgehead atoms. The van der Waals surface area contributed by atoms with Crippen LogP contribution in [0.2, 0.25) is 0 Å². The number of nitrogens with zero attached hydrogens (tertiary/aromatic N) is 7. The summed E-state index contributed by atoms with van der Waals surface area (Å²) in [6.07, 6.45) is 6.57. The minimum atomic E-state index is 0.405. The van der Waals surface area contributed by atoms with E-state index in [0.717, 1.165) is 21.6 Å². The molecule has 0 spiro atoms. The second-order valence-electron chi connectivity index (χ2n) is 4.40. The predicted octanol–water partition coefficient (Wildman–Crippen LogP) is 1.96. The van der Waals surface area contributed by atoms with E-state index in [4.69, 9.17) is 4.42 Å². The predicted molar refractivity (Wildman–Crippen MR) is 78.0 cm³/mol. The maximum atomic E-state index is 5.64. The van der Waals surface area contributed by atoms with Gasteiger partial charge in [-0.3, -0.25) is 9.67 Å². The first-order valence-corrected chi connectivity index (χ1v) is 7.17. The summed E-state index contributed by atoms with van der Waals surface area (Å²) in [6, 6.07) is 3.68. The Hall–Kier alpha value is -2.81. The van der Waals surface area contributed by atoms with Crippen molar-refractivity contribution in [2.75, 3.05) is 0 Å². The smallest absolute Gasteiger partial charge is 0.283 e. The molecule has 0 fully saturated rings. The minimum Gasteiger partial charge on any atom is -0.411 e. The fourth-order valence-corrected chi connectivity index (χ4v) is 2.68. The van der Waals surface area contributed by atoms with Gasteiger partial charge < -0.3 is 4.42 Å². The van der Waals surface area contributed by atoms with Crippen LogP contribution in [-0.2, 0) is 7.05 Å². The summed E-state index contributed by atoms with van der Waals surface area (Å²) >= 11 is 1.28. The van der Waals surface area contributed by atoms with Gasteiger partial charge in [0.05, 0.1) is 17.1 Å². The van der Waals surface area contributed by atoms with Gasteiger partial charge in [0.15, 0.2) is 5.65 Å². The molecule has 0 saturated heterocycles. The number of hydrogen-bond donors (Lipinski definition) is 0. The summed E-state index contributed by atoms with van der Waals surface area (Å²) in [6.45, 7) is 0. The molecular weight excluding hydrogens is 302 g/mol. The van der Waals surface area contributed by atoms with Gasteiger partial charge in [-0.15, -0.1) is 10.2 Å². The number of aryl methyl sites for hydroxylation is 1. The van der Waals surface area contributed by atoms with Crippen LogP contribution in [0.5, 0.6) is 0 Å². The van der Waals surface area contributed by atoms with Crippen molar-refractivity contribution >= 4 is 22.8 Å². The second kappa shape index (κ2) is 5.19. The van der Waals surface area contributed by atoms with Gasteiger partial charge in [-0.25, -0.2) is 9.97 Å². The van der Waals surface area contributed by atoms with Crippen LogP contribution in [0.3, 0.4) is 0 Å². The van der Waals surface area contributed by atoms with Crippen molar-refractivity contribution in [2.45, 2.75) is 10.2 Å². The first-order chi connectivity index (χ1) is 10.8. The Morgan fingerprint density at radius 2 is 2.14 bits per heavy atom. The number of rotatable bonds is 3. The van der Waals surface area contributed by atoms with Crippen LogP contribution in [0.15, 0.2) is 51.7 Å². The highest BCUT2D eigenvalue weighted by Crippen LogP contribution is 2.31. The average Bonchev–Trinajstić information content (AvgIpc) is 3.17. The van der Waals surface area contributed by atoms with Gasteiger partial charge in [-0.1, -0.05) is 0 Å². The van der Waals surface area contributed by atoms with E-state index in [9.17, 15) is 0 Å². The number of aromatic nitrogens is 7. The Labute approximate surface area is 128 Å². The molecular formula is C13H9N7OS. The van der Waals surface area contributed by atoms with E-state index in [1.165, 1.54) is 18.1 Å². The van der Waals surface area contributed by atoms with Crippen molar-refractivity contribution in [1.29, 1.82) is 0 Å². The molecule has 0 amide bonds. The SMILES string of the molecule is Cn1ncc2c(Sc3nnc(-c4cccnc4)o3)ncnc21. The topological polar surface area (TPSA) is 95.4 Å². The molecule has 0 N–H and O–H groups in total. The maximum absolute atomic E-state index is 5.64. The summed E-state index contributed by atoms with van der Waals surface area (Å²) in [5, 5.41) is 14.2. The average molecular weight is 311 g/mol. The van der Waals surface area contributed by atoms with Gasteiger partial charge >= 0.3 is 0 Å². The molecule has 0 aliphatic heterocycles. The van der Waals surface area contributed by atoms with Crippen molar-refractivity contribution in [3.8, 4) is 11.5 Å². The summed E-state index contributed by atoms with van der Waals surface area (Å²) in [7, 11) is 1.83. The Balaban J connectivity index is 1.68. The van der Waals surface area contributed by atoms with Crippen LogP contribution in [0.1, 0.15) is 0 Å². The van der Waals surface area contributed by atoms with Crippen molar-refractivity contribution in [3.63, 3.8) is 0 Å². The summed E-state index contributed by atoms with van der Waals surface area (Å²) in [5.74, 6) is 0.423. The summed E-state index contributed by atoms with van der Waals surface area (Å²) in [5.41, 5.74) is 1.53. The Bertz CT molecular complexity index is 934. The van der Waals surface area contributed by atoms with Gasteiger partial charge in [0.1, 0.15) is 11.4 Å². The number of pyridine rings is 1. The van der Waals surface area contributed by atoms with Crippen molar-refractivity contribution in [2.24, 2.45) is 7.05 Å². The molecule has 4 rings (SSSR count).